The first-order chi connectivity index (χ1) is 77.9. The molecule has 0 radical (unpaired) electrons. The number of thiophene rings is 5. The second-order valence-electron chi connectivity index (χ2n) is 31.0. The maximum atomic E-state index is 13.8. The molecule has 0 saturated carbocycles. The molecule has 5 aliphatic rings. The van der Waals surface area contributed by atoms with Crippen molar-refractivity contribution in [3.05, 3.63) is 263 Å². The number of amides is 5. The molecule has 25 heteroatoms. The lowest BCUT2D eigenvalue weighted by Gasteiger charge is -2.47. The van der Waals surface area contributed by atoms with E-state index in [-0.39, 0.29) is 121 Å². The third kappa shape index (κ3) is 27.6. The molecule has 10 aromatic rings. The highest BCUT2D eigenvalue weighted by Crippen LogP contribution is 2.41. The van der Waals surface area contributed by atoms with Crippen molar-refractivity contribution in [1.82, 2.24) is 24.5 Å². The number of piperidine rings is 5. The summed E-state index contributed by atoms with van der Waals surface area (Å²) >= 11 is 7.07. The van der Waals surface area contributed by atoms with Gasteiger partial charge in [0.2, 0.25) is 29.5 Å². The van der Waals surface area contributed by atoms with Crippen LogP contribution in [0.1, 0.15) is 206 Å². The fourth-order valence-electron chi connectivity index (χ4n) is 16.2. The SMILES string of the molecule is [2H]C([2H])(CN1CCC(OC)(N(C(=O)CC)c2ccccc2)CC1)c1cccs1.[2H]C([2H])([2H])OC1(N(C(=O)CC)c2ccccc2)CCN(CC([2H])([2H])c2cccs2)CC1.[2H]c1c([2H])c([2H])c(N(C(=O)C([2H])([2H])C([2H])([2H])[2H])C2(OC([2H])([2H])[2H])CCN(CCc3cccs3)CC2)c([2H])c1[2H].[2H]c1c([2H])c([2H])c(N(C(=O)CC)C2(OC([2H])([2H])[2H])CCN(CC([2H])([2H])c3cccs3)CC2)c([2H])c1[2H].[2H]c1c([2H])c([2H])c(N(C(=O)CC)C2(OC)CCN(CC([2H])([2H])c3cccs3)CC2)c([2H])c1[2H]. The average Bonchev–Trinajstić information content (AvgIpc) is 0.898. The van der Waals surface area contributed by atoms with E-state index in [0.717, 1.165) is 20.3 Å². The van der Waals surface area contributed by atoms with Crippen molar-refractivity contribution in [3.63, 3.8) is 0 Å². The highest BCUT2D eigenvalue weighted by atomic mass is 32.1. The molecule has 0 aliphatic carbocycles. The van der Waals surface area contributed by atoms with Crippen molar-refractivity contribution in [3.8, 4) is 0 Å². The van der Waals surface area contributed by atoms with E-state index in [0.29, 0.717) is 116 Å². The second-order valence-corrected chi connectivity index (χ2v) is 35.8. The third-order valence-electron chi connectivity index (χ3n) is 23.5. The summed E-state index contributed by atoms with van der Waals surface area (Å²) in [6, 6.07) is 27.0. The van der Waals surface area contributed by atoms with Crippen LogP contribution in [0.5, 0.6) is 0 Å². The van der Waals surface area contributed by atoms with E-state index in [2.05, 4.69) is 4.90 Å². The highest BCUT2D eigenvalue weighted by Gasteiger charge is 2.48. The smallest absolute Gasteiger partial charge is 0.229 e. The molecule has 10 heterocycles. The van der Waals surface area contributed by atoms with Gasteiger partial charge in [0.15, 0.2) is 0 Å². The first kappa shape index (κ1) is 62.2. The summed E-state index contributed by atoms with van der Waals surface area (Å²) in [6.07, 6.45) is -6.64. The van der Waals surface area contributed by atoms with Gasteiger partial charge >= 0.3 is 0 Å². The Kier molecular flexibility index (Phi) is 25.0. The van der Waals surface area contributed by atoms with Crippen LogP contribution in [0.2, 0.25) is 0 Å². The van der Waals surface area contributed by atoms with Crippen molar-refractivity contribution in [1.29, 1.82) is 0 Å². The molecule has 0 spiro atoms. The Morgan fingerprint density at radius 2 is 0.554 bits per heavy atom. The van der Waals surface area contributed by atoms with Gasteiger partial charge in [-0.15, -0.1) is 56.7 Å². The molecule has 0 unspecified atom stereocenters. The molecule has 5 amide bonds. The summed E-state index contributed by atoms with van der Waals surface area (Å²) < 4.78 is 327. The number of rotatable bonds is 35. The average molecular weight is 1900 g/mol. The molecule has 0 bridgehead atoms. The predicted octanol–water partition coefficient (Wildman–Crippen LogP) is 20.9. The van der Waals surface area contributed by atoms with Gasteiger partial charge in [0, 0.05) is 300 Å². The molecule has 20 nitrogen and oxygen atoms in total. The van der Waals surface area contributed by atoms with Gasteiger partial charge < -0.3 is 48.2 Å². The van der Waals surface area contributed by atoms with Gasteiger partial charge in [-0.3, -0.25) is 48.5 Å². The van der Waals surface area contributed by atoms with Crippen LogP contribution in [-0.4, -0.2) is 216 Å². The van der Waals surface area contributed by atoms with Crippen LogP contribution in [0.4, 0.5) is 28.4 Å². The largest absolute Gasteiger partial charge is 0.358 e. The van der Waals surface area contributed by atoms with Crippen molar-refractivity contribution >= 4 is 115 Å². The zero-order chi connectivity index (χ0) is 124. The molecule has 5 aromatic carbocycles. The standard InChI is InChI=1S/5C21H28N2O2S/c5*1-3-20(24)23(18-8-5-4-6-9-18)21(25-2)12-15-22(16-13-21)14-11-19-10-7-17-26-19/h5*4-10,17H,3,11-16H2,1-2H3/i1D3,2D3,3D2,4D,5D,6D,8D,9D;2D3,4D,5D,6D,8D,9D,11D2;4D,5D,6D,8D,9D,11D2;2D3,11D2;11D2. The number of methoxy groups -OCH3 is 5. The number of anilines is 5. The molecule has 0 atom stereocenters. The molecule has 5 aromatic heterocycles. The number of carbonyl (C=O) groups is 5. The van der Waals surface area contributed by atoms with Crippen LogP contribution in [0, 0.1) is 0 Å². The lowest BCUT2D eigenvalue weighted by atomic mass is 9.96. The molecule has 130 heavy (non-hydrogen) atoms. The summed E-state index contributed by atoms with van der Waals surface area (Å²) in [5.74, 6) is -3.02. The van der Waals surface area contributed by atoms with E-state index >= 15 is 0 Å². The minimum Gasteiger partial charge on any atom is -0.358 e. The van der Waals surface area contributed by atoms with Gasteiger partial charge in [0.1, 0.15) is 28.6 Å². The van der Waals surface area contributed by atoms with Crippen molar-refractivity contribution in [2.24, 2.45) is 0 Å². The van der Waals surface area contributed by atoms with Crippen molar-refractivity contribution < 1.29 is 98.4 Å². The number of nitrogens with zero attached hydrogens (tertiary/aromatic N) is 10. The van der Waals surface area contributed by atoms with Crippen molar-refractivity contribution in [2.75, 3.05) is 158 Å². The first-order valence-electron chi connectivity index (χ1n) is 61.9. The summed E-state index contributed by atoms with van der Waals surface area (Å²) in [5, 5.41) is 9.32. The molecule has 5 saturated heterocycles. The zero-order valence-corrected chi connectivity index (χ0v) is 78.3. The lowest BCUT2D eigenvalue weighted by molar-refractivity contribution is -0.128. The summed E-state index contributed by atoms with van der Waals surface area (Å²) in [7, 11) is -5.68. The molecule has 0 N–H and O–H groups in total. The first-order valence-corrected chi connectivity index (χ1v) is 47.8. The minimum atomic E-state index is -3.61. The zero-order valence-electron chi connectivity index (χ0n) is 111. The number of hydrogen-bond donors (Lipinski definition) is 0. The molecule has 15 rings (SSSR count). The number of ether oxygens (including phenoxy) is 5. The Morgan fingerprint density at radius 1 is 0.315 bits per heavy atom. The van der Waals surface area contributed by atoms with Crippen LogP contribution in [0.25, 0.3) is 0 Å². The Balaban J connectivity index is 0.000000196. The quantitative estimate of drug-likeness (QED) is 0.0344. The van der Waals surface area contributed by atoms with E-state index < -0.39 is 208 Å². The molecule has 5 fully saturated rings. The highest BCUT2D eigenvalue weighted by molar-refractivity contribution is 7.11. The van der Waals surface area contributed by atoms with Crippen LogP contribution in [0.3, 0.4) is 0 Å². The number of hydrogen-bond acceptors (Lipinski definition) is 20. The summed E-state index contributed by atoms with van der Waals surface area (Å²) in [5.41, 5.74) is -7.29. The summed E-state index contributed by atoms with van der Waals surface area (Å²) in [4.78, 5) is 85.2. The van der Waals surface area contributed by atoms with E-state index in [9.17, 15) is 24.0 Å². The Labute approximate surface area is 846 Å². The predicted molar refractivity (Wildman–Crippen MR) is 538 cm³/mol. The molecule has 700 valence electrons. The van der Waals surface area contributed by atoms with Gasteiger partial charge in [-0.2, -0.15) is 0 Å². The van der Waals surface area contributed by atoms with Gasteiger partial charge in [-0.1, -0.05) is 156 Å². The van der Waals surface area contributed by atoms with Crippen LogP contribution in [0.15, 0.2) is 239 Å². The number of benzene rings is 5. The number of carbonyl (C=O) groups excluding carboxylic acids is 5. The van der Waals surface area contributed by atoms with E-state index in [4.69, 9.17) is 74.4 Å². The van der Waals surface area contributed by atoms with Gasteiger partial charge in [0.25, 0.3) is 0 Å². The van der Waals surface area contributed by atoms with Gasteiger partial charge in [-0.25, -0.2) is 0 Å². The fourth-order valence-corrected chi connectivity index (χ4v) is 19.4. The van der Waals surface area contributed by atoms with Gasteiger partial charge in [-0.05, 0) is 150 Å². The van der Waals surface area contributed by atoms with Crippen LogP contribution < -0.4 is 24.5 Å². The summed E-state index contributed by atoms with van der Waals surface area (Å²) in [6.45, 7) is 8.23. The van der Waals surface area contributed by atoms with Gasteiger partial charge in [0.05, 0.1) is 32.9 Å². The van der Waals surface area contributed by atoms with E-state index in [1.165, 1.54) is 69.2 Å². The topological polar surface area (TPSA) is 164 Å². The third-order valence-corrected chi connectivity index (χ3v) is 27.7. The minimum absolute atomic E-state index is 0.0355. The number of para-hydroxylation sites is 5. The Morgan fingerprint density at radius 3 is 0.785 bits per heavy atom. The Hall–Kier alpha value is -8.45. The Bertz CT molecular complexity index is 6670. The molecule has 5 aliphatic heterocycles. The maximum Gasteiger partial charge on any atom is 0.229 e. The van der Waals surface area contributed by atoms with Crippen molar-refractivity contribution in [2.45, 2.75) is 191 Å². The maximum absolute atomic E-state index is 13.8. The second kappa shape index (κ2) is 52.3. The number of likely N-dealkylation sites (tertiary alicyclic amines) is 5. The normalized spacial score (nSPS) is 22.2. The van der Waals surface area contributed by atoms with Crippen LogP contribution in [-0.2, 0) is 79.6 Å². The molecular formula is C105H140N10O10S5. The lowest BCUT2D eigenvalue weighted by Crippen LogP contribution is -2.59. The van der Waals surface area contributed by atoms with Crippen LogP contribution >= 0.6 is 56.7 Å². The fraction of sp³-hybridized carbons (Fsp3) is 0.476. The molecular weight excluding hydrogens is 1720 g/mol. The van der Waals surface area contributed by atoms with E-state index in [1.807, 2.05) is 116 Å². The monoisotopic (exact) mass is 1900 g/mol. The van der Waals surface area contributed by atoms with E-state index in [1.54, 1.807) is 96.0 Å².